The van der Waals surface area contributed by atoms with Crippen molar-refractivity contribution in [2.45, 2.75) is 88.5 Å². The number of carbonyl (C=O) groups is 2. The topological polar surface area (TPSA) is 111 Å². The van der Waals surface area contributed by atoms with Crippen molar-refractivity contribution < 1.29 is 34.0 Å². The smallest absolute Gasteiger partial charge is 0.410 e. The van der Waals surface area contributed by atoms with E-state index in [1.807, 2.05) is 38.1 Å². The normalized spacial score (nSPS) is 29.5. The maximum atomic E-state index is 12.9. The first-order chi connectivity index (χ1) is 22.0. The van der Waals surface area contributed by atoms with Gasteiger partial charge in [0.1, 0.15) is 17.0 Å². The zero-order valence-corrected chi connectivity index (χ0v) is 26.5. The Morgan fingerprint density at radius 1 is 0.870 bits per heavy atom. The number of nitrogens with zero attached hydrogens (tertiary/aromatic N) is 2. The van der Waals surface area contributed by atoms with E-state index in [0.717, 1.165) is 43.2 Å². The van der Waals surface area contributed by atoms with Gasteiger partial charge in [-0.15, -0.1) is 0 Å². The summed E-state index contributed by atoms with van der Waals surface area (Å²) < 4.78 is 18.0. The van der Waals surface area contributed by atoms with E-state index in [1.165, 1.54) is 17.0 Å². The molecule has 4 fully saturated rings. The van der Waals surface area contributed by atoms with E-state index in [0.29, 0.717) is 44.5 Å². The lowest BCUT2D eigenvalue weighted by atomic mass is 9.73. The van der Waals surface area contributed by atoms with Crippen LogP contribution in [0.4, 0.5) is 14.0 Å². The number of carboxylic acid groups (broad SMARTS) is 1. The average Bonchev–Trinajstić information content (AvgIpc) is 3.68. The summed E-state index contributed by atoms with van der Waals surface area (Å²) in [5.74, 6) is 11.6. The van der Waals surface area contributed by atoms with Gasteiger partial charge in [0, 0.05) is 48.1 Å². The second kappa shape index (κ2) is 14.2. The third kappa shape index (κ3) is 7.33. The number of hydrogen-bond acceptors (Lipinski definition) is 5. The molecule has 2 amide bonds. The SMILES string of the molecule is CCOC(=O)N1CCC2C1CCCC2(O)C#Cc1cccc(C)c1.O=C(O)N1CCC2C1CCCC2(O)C#Cc1ccc(F)cc1. The first-order valence-corrected chi connectivity index (χ1v) is 16.3. The van der Waals surface area contributed by atoms with Gasteiger partial charge in [-0.05, 0) is 107 Å². The van der Waals surface area contributed by atoms with Crippen LogP contribution in [0.1, 0.15) is 75.0 Å². The molecular weight excluding hydrogens is 587 g/mol. The Morgan fingerprint density at radius 2 is 1.43 bits per heavy atom. The van der Waals surface area contributed by atoms with Crippen LogP contribution in [0.5, 0.6) is 0 Å². The Bertz CT molecular complexity index is 1540. The summed E-state index contributed by atoms with van der Waals surface area (Å²) in [6.45, 7) is 5.32. The van der Waals surface area contributed by atoms with E-state index < -0.39 is 17.3 Å². The maximum Gasteiger partial charge on any atom is 0.410 e. The van der Waals surface area contributed by atoms with E-state index in [4.69, 9.17) is 4.74 Å². The highest BCUT2D eigenvalue weighted by atomic mass is 19.1. The molecule has 3 N–H and O–H groups in total. The van der Waals surface area contributed by atoms with Gasteiger partial charge in [0.15, 0.2) is 0 Å². The highest BCUT2D eigenvalue weighted by molar-refractivity contribution is 5.68. The molecular formula is C37H43FN2O6. The van der Waals surface area contributed by atoms with Gasteiger partial charge in [-0.3, -0.25) is 0 Å². The summed E-state index contributed by atoms with van der Waals surface area (Å²) >= 11 is 0. The minimum atomic E-state index is -1.17. The number of ether oxygens (including phenoxy) is 1. The predicted molar refractivity (Wildman–Crippen MR) is 171 cm³/mol. The summed E-state index contributed by atoms with van der Waals surface area (Å²) in [6, 6.07) is 13.7. The number of amides is 2. The molecule has 2 saturated heterocycles. The lowest BCUT2D eigenvalue weighted by Crippen LogP contribution is -2.49. The maximum absolute atomic E-state index is 12.9. The van der Waals surface area contributed by atoms with Gasteiger partial charge in [0.2, 0.25) is 0 Å². The molecule has 2 aromatic carbocycles. The molecule has 0 aromatic heterocycles. The zero-order valence-electron chi connectivity index (χ0n) is 26.5. The van der Waals surface area contributed by atoms with Crippen molar-refractivity contribution in [3.05, 3.63) is 71.0 Å². The molecule has 2 aromatic rings. The molecule has 4 aliphatic rings. The van der Waals surface area contributed by atoms with E-state index in [-0.39, 0.29) is 35.8 Å². The quantitative estimate of drug-likeness (QED) is 0.356. The van der Waals surface area contributed by atoms with Gasteiger partial charge in [-0.1, -0.05) is 35.8 Å². The second-order valence-corrected chi connectivity index (χ2v) is 12.8. The molecule has 2 aliphatic carbocycles. The molecule has 6 rings (SSSR count). The van der Waals surface area contributed by atoms with E-state index in [1.54, 1.807) is 17.0 Å². The Hall–Kier alpha value is -4.05. The van der Waals surface area contributed by atoms with E-state index >= 15 is 0 Å². The summed E-state index contributed by atoms with van der Waals surface area (Å²) in [5.41, 5.74) is 0.538. The summed E-state index contributed by atoms with van der Waals surface area (Å²) in [7, 11) is 0. The molecule has 244 valence electrons. The van der Waals surface area contributed by atoms with Crippen molar-refractivity contribution in [3.8, 4) is 23.7 Å². The van der Waals surface area contributed by atoms with Crippen LogP contribution in [-0.4, -0.2) is 80.3 Å². The number of rotatable bonds is 1. The molecule has 0 radical (unpaired) electrons. The highest BCUT2D eigenvalue weighted by Crippen LogP contribution is 2.44. The van der Waals surface area contributed by atoms with Crippen molar-refractivity contribution in [3.63, 3.8) is 0 Å². The van der Waals surface area contributed by atoms with Crippen LogP contribution in [0.3, 0.4) is 0 Å². The van der Waals surface area contributed by atoms with Crippen LogP contribution in [0.2, 0.25) is 0 Å². The first kappa shape index (κ1) is 33.3. The minimum Gasteiger partial charge on any atom is -0.465 e. The van der Waals surface area contributed by atoms with Crippen molar-refractivity contribution in [1.29, 1.82) is 0 Å². The molecule has 0 bridgehead atoms. The fourth-order valence-electron chi connectivity index (χ4n) is 7.67. The molecule has 6 atom stereocenters. The standard InChI is InChI=1S/C20H25NO3.C17H18FNO3/c1-3-24-19(22)21-13-10-17-18(21)8-5-11-20(17,23)12-9-16-7-4-6-15(2)14-16;18-13-5-3-12(4-6-13)7-10-17(22)9-1-2-15-14(17)8-11-19(15)16(20)21/h4,6-7,14,17-18,23H,3,5,8,10-11,13H2,1-2H3;3-6,14-15,22H,1-2,8-9,11H2,(H,20,21). The fourth-order valence-corrected chi connectivity index (χ4v) is 7.67. The van der Waals surface area contributed by atoms with Crippen LogP contribution >= 0.6 is 0 Å². The summed E-state index contributed by atoms with van der Waals surface area (Å²) in [4.78, 5) is 26.6. The number of hydrogen-bond donors (Lipinski definition) is 3. The lowest BCUT2D eigenvalue weighted by molar-refractivity contribution is -0.0146. The molecule has 2 saturated carbocycles. The third-order valence-corrected chi connectivity index (χ3v) is 9.89. The predicted octanol–water partition coefficient (Wildman–Crippen LogP) is 5.57. The highest BCUT2D eigenvalue weighted by Gasteiger charge is 2.51. The largest absolute Gasteiger partial charge is 0.465 e. The van der Waals surface area contributed by atoms with Gasteiger partial charge < -0.3 is 29.9 Å². The van der Waals surface area contributed by atoms with Crippen LogP contribution in [0.15, 0.2) is 48.5 Å². The van der Waals surface area contributed by atoms with Crippen LogP contribution in [0, 0.1) is 48.3 Å². The van der Waals surface area contributed by atoms with Crippen LogP contribution < -0.4 is 0 Å². The van der Waals surface area contributed by atoms with Crippen LogP contribution in [-0.2, 0) is 4.74 Å². The lowest BCUT2D eigenvalue weighted by Gasteiger charge is -2.39. The van der Waals surface area contributed by atoms with Gasteiger partial charge in [-0.25, -0.2) is 14.0 Å². The van der Waals surface area contributed by atoms with Crippen molar-refractivity contribution >= 4 is 12.2 Å². The monoisotopic (exact) mass is 630 g/mol. The van der Waals surface area contributed by atoms with Crippen LogP contribution in [0.25, 0.3) is 0 Å². The van der Waals surface area contributed by atoms with Gasteiger partial charge in [0.05, 0.1) is 6.61 Å². The number of carbonyl (C=O) groups excluding carboxylic acids is 1. The van der Waals surface area contributed by atoms with Crippen molar-refractivity contribution in [2.75, 3.05) is 19.7 Å². The number of halogens is 1. The Labute approximate surface area is 270 Å². The van der Waals surface area contributed by atoms with Gasteiger partial charge in [-0.2, -0.15) is 0 Å². The van der Waals surface area contributed by atoms with Gasteiger partial charge >= 0.3 is 12.2 Å². The second-order valence-electron chi connectivity index (χ2n) is 12.8. The minimum absolute atomic E-state index is 0.00738. The Kier molecular flexibility index (Phi) is 10.3. The Balaban J connectivity index is 0.000000182. The molecule has 2 heterocycles. The molecule has 8 nitrogen and oxygen atoms in total. The first-order valence-electron chi connectivity index (χ1n) is 16.3. The summed E-state index contributed by atoms with van der Waals surface area (Å²) in [5, 5.41) is 31.3. The number of aryl methyl sites for hydroxylation is 1. The van der Waals surface area contributed by atoms with E-state index in [9.17, 15) is 29.3 Å². The van der Waals surface area contributed by atoms with Crippen molar-refractivity contribution in [1.82, 2.24) is 9.80 Å². The fraction of sp³-hybridized carbons (Fsp3) is 0.514. The van der Waals surface area contributed by atoms with Crippen molar-refractivity contribution in [2.24, 2.45) is 11.8 Å². The number of aliphatic hydroxyl groups is 2. The molecule has 9 heteroatoms. The molecule has 6 unspecified atom stereocenters. The molecule has 2 aliphatic heterocycles. The number of benzene rings is 2. The average molecular weight is 631 g/mol. The zero-order chi connectivity index (χ0) is 32.9. The number of fused-ring (bicyclic) bond motifs is 2. The van der Waals surface area contributed by atoms with Gasteiger partial charge in [0.25, 0.3) is 0 Å². The molecule has 46 heavy (non-hydrogen) atoms. The third-order valence-electron chi connectivity index (χ3n) is 9.89. The molecule has 0 spiro atoms. The Morgan fingerprint density at radius 3 is 2.00 bits per heavy atom. The summed E-state index contributed by atoms with van der Waals surface area (Å²) in [6.07, 6.45) is 4.75. The van der Waals surface area contributed by atoms with E-state index in [2.05, 4.69) is 23.7 Å². The number of likely N-dealkylation sites (tertiary alicyclic amines) is 2.